The van der Waals surface area contributed by atoms with Crippen molar-refractivity contribution in [2.45, 2.75) is 11.5 Å². The summed E-state index contributed by atoms with van der Waals surface area (Å²) in [5, 5.41) is 0. The molecule has 0 saturated carbocycles. The number of pyridine rings is 2. The fraction of sp³-hybridized carbons (Fsp3) is 0.125. The Kier molecular flexibility index (Phi) is 4.39. The molecular weight excluding hydrogens is 336 g/mol. The summed E-state index contributed by atoms with van der Waals surface area (Å²) in [6.45, 7) is -2.90. The lowest BCUT2D eigenvalue weighted by atomic mass is 10.2. The SMILES string of the molecule is CSc1cnc2c(N)cc(=O)n(-c3ccc(OC(F)F)cc3)c2c1. The molecule has 0 fully saturated rings. The molecule has 24 heavy (non-hydrogen) atoms. The van der Waals surface area contributed by atoms with E-state index in [0.717, 1.165) is 4.90 Å². The van der Waals surface area contributed by atoms with Gasteiger partial charge in [-0.2, -0.15) is 8.78 Å². The van der Waals surface area contributed by atoms with Crippen LogP contribution in [0.5, 0.6) is 5.75 Å². The smallest absolute Gasteiger partial charge is 0.387 e. The Labute approximate surface area is 140 Å². The molecule has 0 bridgehead atoms. The Hall–Kier alpha value is -2.61. The summed E-state index contributed by atoms with van der Waals surface area (Å²) in [7, 11) is 0. The number of hydrogen-bond acceptors (Lipinski definition) is 5. The monoisotopic (exact) mass is 349 g/mol. The fourth-order valence-electron chi connectivity index (χ4n) is 2.37. The third-order valence-electron chi connectivity index (χ3n) is 3.41. The van der Waals surface area contributed by atoms with Gasteiger partial charge in [0, 0.05) is 22.8 Å². The highest BCUT2D eigenvalue weighted by Gasteiger charge is 2.12. The number of nitrogens with zero attached hydrogens (tertiary/aromatic N) is 2. The number of benzene rings is 1. The summed E-state index contributed by atoms with van der Waals surface area (Å²) in [5.74, 6) is 0.0180. The van der Waals surface area contributed by atoms with E-state index in [0.29, 0.717) is 16.7 Å². The molecule has 0 radical (unpaired) electrons. The average Bonchev–Trinajstić information content (AvgIpc) is 2.55. The number of hydrogen-bond donors (Lipinski definition) is 1. The van der Waals surface area contributed by atoms with Gasteiger partial charge in [-0.1, -0.05) is 0 Å². The highest BCUT2D eigenvalue weighted by Crippen LogP contribution is 2.25. The number of nitrogens with two attached hydrogens (primary N) is 1. The number of rotatable bonds is 4. The molecule has 8 heteroatoms. The van der Waals surface area contributed by atoms with Gasteiger partial charge in [-0.25, -0.2) is 0 Å². The van der Waals surface area contributed by atoms with Crippen molar-refractivity contribution in [3.05, 3.63) is 52.9 Å². The van der Waals surface area contributed by atoms with E-state index in [2.05, 4.69) is 9.72 Å². The first-order chi connectivity index (χ1) is 11.5. The molecule has 0 amide bonds. The minimum absolute atomic E-state index is 0.0180. The van der Waals surface area contributed by atoms with Gasteiger partial charge in [-0.3, -0.25) is 14.3 Å². The van der Waals surface area contributed by atoms with E-state index in [9.17, 15) is 13.6 Å². The average molecular weight is 349 g/mol. The Bertz CT molecular complexity index is 942. The van der Waals surface area contributed by atoms with Crippen molar-refractivity contribution in [3.63, 3.8) is 0 Å². The van der Waals surface area contributed by atoms with Crippen LogP contribution in [-0.2, 0) is 0 Å². The molecule has 2 N–H and O–H groups in total. The molecule has 5 nitrogen and oxygen atoms in total. The zero-order chi connectivity index (χ0) is 17.3. The topological polar surface area (TPSA) is 70.1 Å². The molecular formula is C16H13F2N3O2S. The predicted octanol–water partition coefficient (Wildman–Crippen LogP) is 3.29. The second-order valence-electron chi connectivity index (χ2n) is 4.89. The Morgan fingerprint density at radius 1 is 1.25 bits per heavy atom. The lowest BCUT2D eigenvalue weighted by molar-refractivity contribution is -0.0498. The molecule has 1 aromatic carbocycles. The molecule has 0 atom stereocenters. The maximum Gasteiger partial charge on any atom is 0.387 e. The van der Waals surface area contributed by atoms with Crippen molar-refractivity contribution in [2.75, 3.05) is 12.0 Å². The summed E-state index contributed by atoms with van der Waals surface area (Å²) in [6.07, 6.45) is 3.58. The fourth-order valence-corrected chi connectivity index (χ4v) is 2.75. The standard InChI is InChI=1S/C16H13F2N3O2S/c1-24-11-6-13-15(20-8-11)12(19)7-14(22)21(13)9-2-4-10(5-3-9)23-16(17)18/h2-8,16H,19H2,1H3. The minimum atomic E-state index is -2.90. The number of ether oxygens (including phenoxy) is 1. The Balaban J connectivity index is 2.19. The van der Waals surface area contributed by atoms with Crippen molar-refractivity contribution in [2.24, 2.45) is 0 Å². The van der Waals surface area contributed by atoms with E-state index in [4.69, 9.17) is 5.73 Å². The van der Waals surface area contributed by atoms with E-state index in [1.54, 1.807) is 6.20 Å². The lowest BCUT2D eigenvalue weighted by Crippen LogP contribution is -2.19. The summed E-state index contributed by atoms with van der Waals surface area (Å²) >= 11 is 1.49. The van der Waals surface area contributed by atoms with Crippen LogP contribution in [0.25, 0.3) is 16.7 Å². The van der Waals surface area contributed by atoms with Crippen LogP contribution in [0.15, 0.2) is 52.3 Å². The van der Waals surface area contributed by atoms with Crippen LogP contribution in [0.4, 0.5) is 14.5 Å². The van der Waals surface area contributed by atoms with Gasteiger partial charge >= 0.3 is 6.61 Å². The second kappa shape index (κ2) is 6.48. The third-order valence-corrected chi connectivity index (χ3v) is 4.11. The Morgan fingerprint density at radius 3 is 2.58 bits per heavy atom. The lowest BCUT2D eigenvalue weighted by Gasteiger charge is -2.13. The van der Waals surface area contributed by atoms with Crippen LogP contribution in [0, 0.1) is 0 Å². The van der Waals surface area contributed by atoms with Gasteiger partial charge in [0.2, 0.25) is 0 Å². The summed E-state index contributed by atoms with van der Waals surface area (Å²) < 4.78 is 30.2. The number of fused-ring (bicyclic) bond motifs is 1. The number of alkyl halides is 2. The highest BCUT2D eigenvalue weighted by molar-refractivity contribution is 7.98. The second-order valence-corrected chi connectivity index (χ2v) is 5.77. The van der Waals surface area contributed by atoms with Crippen LogP contribution in [0.3, 0.4) is 0 Å². The van der Waals surface area contributed by atoms with Crippen LogP contribution in [0.2, 0.25) is 0 Å². The number of halogens is 2. The zero-order valence-electron chi connectivity index (χ0n) is 12.6. The van der Waals surface area contributed by atoms with Gasteiger partial charge in [0.1, 0.15) is 11.3 Å². The molecule has 0 aliphatic carbocycles. The normalized spacial score (nSPS) is 11.2. The van der Waals surface area contributed by atoms with Crippen molar-refractivity contribution in [1.29, 1.82) is 0 Å². The molecule has 3 aromatic rings. The minimum Gasteiger partial charge on any atom is -0.435 e. The molecule has 3 rings (SSSR count). The van der Waals surface area contributed by atoms with E-state index in [1.165, 1.54) is 46.7 Å². The third kappa shape index (κ3) is 3.05. The number of nitrogen functional groups attached to an aromatic ring is 1. The molecule has 2 aromatic heterocycles. The molecule has 0 saturated heterocycles. The van der Waals surface area contributed by atoms with E-state index >= 15 is 0 Å². The van der Waals surface area contributed by atoms with Gasteiger partial charge in [-0.15, -0.1) is 11.8 Å². The van der Waals surface area contributed by atoms with Crippen LogP contribution < -0.4 is 16.0 Å². The Morgan fingerprint density at radius 2 is 1.96 bits per heavy atom. The maximum atomic E-state index is 12.4. The first kappa shape index (κ1) is 16.3. The highest BCUT2D eigenvalue weighted by atomic mass is 32.2. The first-order valence-electron chi connectivity index (χ1n) is 6.90. The van der Waals surface area contributed by atoms with Gasteiger partial charge in [0.15, 0.2) is 0 Å². The predicted molar refractivity (Wildman–Crippen MR) is 90.2 cm³/mol. The van der Waals surface area contributed by atoms with E-state index < -0.39 is 6.61 Å². The molecule has 2 heterocycles. The van der Waals surface area contributed by atoms with Gasteiger partial charge in [-0.05, 0) is 36.6 Å². The van der Waals surface area contributed by atoms with Crippen LogP contribution >= 0.6 is 11.8 Å². The van der Waals surface area contributed by atoms with E-state index in [1.807, 2.05) is 12.3 Å². The molecule has 124 valence electrons. The van der Waals surface area contributed by atoms with Crippen molar-refractivity contribution < 1.29 is 13.5 Å². The maximum absolute atomic E-state index is 12.4. The molecule has 0 aliphatic heterocycles. The van der Waals surface area contributed by atoms with Crippen molar-refractivity contribution in [1.82, 2.24) is 9.55 Å². The summed E-state index contributed by atoms with van der Waals surface area (Å²) in [6, 6.07) is 8.91. The summed E-state index contributed by atoms with van der Waals surface area (Å²) in [5.41, 5.74) is 7.40. The van der Waals surface area contributed by atoms with E-state index in [-0.39, 0.29) is 17.0 Å². The van der Waals surface area contributed by atoms with Crippen LogP contribution in [0.1, 0.15) is 0 Å². The quantitative estimate of drug-likeness (QED) is 0.732. The van der Waals surface area contributed by atoms with Crippen LogP contribution in [-0.4, -0.2) is 22.4 Å². The largest absolute Gasteiger partial charge is 0.435 e. The van der Waals surface area contributed by atoms with Gasteiger partial charge in [0.25, 0.3) is 5.56 Å². The number of anilines is 1. The van der Waals surface area contributed by atoms with Gasteiger partial charge < -0.3 is 10.5 Å². The molecule has 0 spiro atoms. The van der Waals surface area contributed by atoms with Crippen molar-refractivity contribution in [3.8, 4) is 11.4 Å². The number of thioether (sulfide) groups is 1. The van der Waals surface area contributed by atoms with Gasteiger partial charge in [0.05, 0.1) is 11.2 Å². The number of aromatic nitrogens is 2. The van der Waals surface area contributed by atoms with Crippen molar-refractivity contribution >= 4 is 28.5 Å². The summed E-state index contributed by atoms with van der Waals surface area (Å²) in [4.78, 5) is 17.6. The first-order valence-corrected chi connectivity index (χ1v) is 8.12. The zero-order valence-corrected chi connectivity index (χ0v) is 13.4. The molecule has 0 unspecified atom stereocenters. The molecule has 0 aliphatic rings.